The quantitative estimate of drug-likeness (QED) is 0.881. The van der Waals surface area contributed by atoms with Gasteiger partial charge in [-0.1, -0.05) is 32.1 Å². The first-order valence-electron chi connectivity index (χ1n) is 8.07. The van der Waals surface area contributed by atoms with Crippen LogP contribution in [0.15, 0.2) is 23.1 Å². The molecule has 3 rings (SSSR count). The lowest BCUT2D eigenvalue weighted by atomic mass is 9.86. The third-order valence-corrected chi connectivity index (χ3v) is 5.47. The molecular weight excluding hydrogens is 296 g/mol. The van der Waals surface area contributed by atoms with Gasteiger partial charge in [-0.05, 0) is 30.5 Å². The summed E-state index contributed by atoms with van der Waals surface area (Å²) in [7, 11) is 0. The zero-order chi connectivity index (χ0) is 15.4. The Morgan fingerprint density at radius 2 is 2.09 bits per heavy atom. The van der Waals surface area contributed by atoms with E-state index in [1.165, 1.54) is 43.9 Å². The van der Waals surface area contributed by atoms with Crippen LogP contribution < -0.4 is 10.6 Å². The maximum absolute atomic E-state index is 12.1. The number of benzene rings is 1. The van der Waals surface area contributed by atoms with Crippen molar-refractivity contribution in [3.63, 3.8) is 0 Å². The molecule has 0 aromatic heterocycles. The number of rotatable bonds is 4. The van der Waals surface area contributed by atoms with E-state index in [0.29, 0.717) is 12.2 Å². The van der Waals surface area contributed by atoms with Crippen molar-refractivity contribution < 1.29 is 9.59 Å². The summed E-state index contributed by atoms with van der Waals surface area (Å²) >= 11 is 1.53. The van der Waals surface area contributed by atoms with E-state index in [9.17, 15) is 9.59 Å². The zero-order valence-corrected chi connectivity index (χ0v) is 13.5. The molecule has 2 aliphatic rings. The molecule has 2 amide bonds. The molecule has 5 heteroatoms. The second-order valence-electron chi connectivity index (χ2n) is 6.14. The van der Waals surface area contributed by atoms with E-state index in [1.54, 1.807) is 0 Å². The number of hydrogen-bond donors (Lipinski definition) is 2. The number of anilines is 2. The van der Waals surface area contributed by atoms with Crippen molar-refractivity contribution in [3.05, 3.63) is 18.2 Å². The molecule has 4 nitrogen and oxygen atoms in total. The number of thioether (sulfide) groups is 1. The molecule has 0 atom stereocenters. The molecule has 0 radical (unpaired) electrons. The Morgan fingerprint density at radius 3 is 2.91 bits per heavy atom. The fraction of sp³-hybridized carbons (Fsp3) is 0.529. The van der Waals surface area contributed by atoms with Crippen molar-refractivity contribution in [2.45, 2.75) is 49.8 Å². The number of amides is 2. The van der Waals surface area contributed by atoms with E-state index in [0.717, 1.165) is 28.6 Å². The Hall–Kier alpha value is -1.49. The van der Waals surface area contributed by atoms with Crippen LogP contribution >= 0.6 is 11.8 Å². The molecule has 1 fully saturated rings. The van der Waals surface area contributed by atoms with Crippen LogP contribution in [-0.4, -0.2) is 17.6 Å². The van der Waals surface area contributed by atoms with Gasteiger partial charge in [0.15, 0.2) is 0 Å². The SMILES string of the molecule is O=C(CCC1CCCCC1)Nc1ccc2c(c1)NC(=O)CS2. The van der Waals surface area contributed by atoms with Crippen molar-refractivity contribution in [1.29, 1.82) is 0 Å². The van der Waals surface area contributed by atoms with E-state index >= 15 is 0 Å². The number of carbonyl (C=O) groups is 2. The van der Waals surface area contributed by atoms with Crippen molar-refractivity contribution >= 4 is 35.0 Å². The number of hydrogen-bond acceptors (Lipinski definition) is 3. The second kappa shape index (κ2) is 7.18. The third-order valence-electron chi connectivity index (χ3n) is 4.40. The minimum Gasteiger partial charge on any atom is -0.326 e. The summed E-state index contributed by atoms with van der Waals surface area (Å²) in [6.07, 6.45) is 8.10. The Kier molecular flexibility index (Phi) is 5.03. The first-order chi connectivity index (χ1) is 10.7. The van der Waals surface area contributed by atoms with Crippen LogP contribution in [0.5, 0.6) is 0 Å². The average molecular weight is 318 g/mol. The van der Waals surface area contributed by atoms with E-state index in [2.05, 4.69) is 10.6 Å². The molecule has 2 N–H and O–H groups in total. The average Bonchev–Trinajstić information content (AvgIpc) is 2.53. The Morgan fingerprint density at radius 1 is 1.27 bits per heavy atom. The number of carbonyl (C=O) groups excluding carboxylic acids is 2. The highest BCUT2D eigenvalue weighted by Gasteiger charge is 2.17. The molecule has 1 saturated carbocycles. The van der Waals surface area contributed by atoms with Crippen LogP contribution in [0.3, 0.4) is 0 Å². The molecule has 0 spiro atoms. The topological polar surface area (TPSA) is 58.2 Å². The highest BCUT2D eigenvalue weighted by molar-refractivity contribution is 8.00. The lowest BCUT2D eigenvalue weighted by Crippen LogP contribution is -2.19. The highest BCUT2D eigenvalue weighted by Crippen LogP contribution is 2.33. The van der Waals surface area contributed by atoms with E-state index in [-0.39, 0.29) is 11.8 Å². The molecule has 1 aromatic rings. The van der Waals surface area contributed by atoms with Gasteiger partial charge in [-0.3, -0.25) is 9.59 Å². The van der Waals surface area contributed by atoms with Crippen molar-refractivity contribution in [2.75, 3.05) is 16.4 Å². The van der Waals surface area contributed by atoms with E-state index in [4.69, 9.17) is 0 Å². The smallest absolute Gasteiger partial charge is 0.234 e. The van der Waals surface area contributed by atoms with Gasteiger partial charge in [0.05, 0.1) is 11.4 Å². The second-order valence-corrected chi connectivity index (χ2v) is 7.16. The molecule has 1 aromatic carbocycles. The van der Waals surface area contributed by atoms with Crippen LogP contribution in [0.1, 0.15) is 44.9 Å². The molecule has 1 aliphatic heterocycles. The van der Waals surface area contributed by atoms with Gasteiger partial charge in [-0.15, -0.1) is 11.8 Å². The summed E-state index contributed by atoms with van der Waals surface area (Å²) in [5.41, 5.74) is 1.56. The normalized spacial score (nSPS) is 18.5. The standard InChI is InChI=1S/C17H22N2O2S/c20-16(9-6-12-4-2-1-3-5-12)18-13-7-8-15-14(10-13)19-17(21)11-22-15/h7-8,10,12H,1-6,9,11H2,(H,18,20)(H,19,21). The molecule has 118 valence electrons. The molecule has 22 heavy (non-hydrogen) atoms. The Bertz CT molecular complexity index is 568. The van der Waals surface area contributed by atoms with Crippen LogP contribution in [0.25, 0.3) is 0 Å². The summed E-state index contributed by atoms with van der Waals surface area (Å²) in [5.74, 6) is 1.26. The van der Waals surface area contributed by atoms with Crippen molar-refractivity contribution in [2.24, 2.45) is 5.92 Å². The first-order valence-corrected chi connectivity index (χ1v) is 9.06. The summed E-state index contributed by atoms with van der Waals surface area (Å²) < 4.78 is 0. The lowest BCUT2D eigenvalue weighted by Gasteiger charge is -2.21. The van der Waals surface area contributed by atoms with Gasteiger partial charge in [-0.25, -0.2) is 0 Å². The fourth-order valence-corrected chi connectivity index (χ4v) is 3.98. The molecule has 1 heterocycles. The molecule has 0 saturated heterocycles. The molecule has 0 bridgehead atoms. The van der Waals surface area contributed by atoms with Crippen LogP contribution in [0.2, 0.25) is 0 Å². The minimum absolute atomic E-state index is 0.0123. The van der Waals surface area contributed by atoms with Gasteiger partial charge in [0.25, 0.3) is 0 Å². The third kappa shape index (κ3) is 4.03. The minimum atomic E-state index is 0.0123. The van der Waals surface area contributed by atoms with Gasteiger partial charge in [-0.2, -0.15) is 0 Å². The predicted molar refractivity (Wildman–Crippen MR) is 90.2 cm³/mol. The maximum Gasteiger partial charge on any atom is 0.234 e. The van der Waals surface area contributed by atoms with Crippen LogP contribution in [-0.2, 0) is 9.59 Å². The Balaban J connectivity index is 1.52. The van der Waals surface area contributed by atoms with Gasteiger partial charge < -0.3 is 10.6 Å². The van der Waals surface area contributed by atoms with Crippen LogP contribution in [0, 0.1) is 5.92 Å². The summed E-state index contributed by atoms with van der Waals surface area (Å²) in [5, 5.41) is 5.79. The van der Waals surface area contributed by atoms with E-state index in [1.807, 2.05) is 18.2 Å². The largest absolute Gasteiger partial charge is 0.326 e. The van der Waals surface area contributed by atoms with Crippen LogP contribution in [0.4, 0.5) is 11.4 Å². The number of fused-ring (bicyclic) bond motifs is 1. The molecule has 1 aliphatic carbocycles. The van der Waals surface area contributed by atoms with Gasteiger partial charge in [0.2, 0.25) is 11.8 Å². The van der Waals surface area contributed by atoms with Gasteiger partial charge >= 0.3 is 0 Å². The summed E-state index contributed by atoms with van der Waals surface area (Å²) in [6.45, 7) is 0. The predicted octanol–water partition coefficient (Wildman–Crippen LogP) is 4.03. The molecule has 0 unspecified atom stereocenters. The Labute approximate surface area is 135 Å². The maximum atomic E-state index is 12.1. The lowest BCUT2D eigenvalue weighted by molar-refractivity contribution is -0.116. The number of nitrogens with one attached hydrogen (secondary N) is 2. The molecular formula is C17H22N2O2S. The van der Waals surface area contributed by atoms with Crippen molar-refractivity contribution in [3.8, 4) is 0 Å². The van der Waals surface area contributed by atoms with E-state index < -0.39 is 0 Å². The van der Waals surface area contributed by atoms with Gasteiger partial charge in [0, 0.05) is 17.0 Å². The highest BCUT2D eigenvalue weighted by atomic mass is 32.2. The monoisotopic (exact) mass is 318 g/mol. The fourth-order valence-electron chi connectivity index (χ4n) is 3.20. The summed E-state index contributed by atoms with van der Waals surface area (Å²) in [6, 6.07) is 5.70. The van der Waals surface area contributed by atoms with Crippen molar-refractivity contribution in [1.82, 2.24) is 0 Å². The first kappa shape index (κ1) is 15.4. The summed E-state index contributed by atoms with van der Waals surface area (Å²) in [4.78, 5) is 24.6. The zero-order valence-electron chi connectivity index (χ0n) is 12.7. The van der Waals surface area contributed by atoms with Gasteiger partial charge in [0.1, 0.15) is 0 Å².